The average molecular weight is 224 g/mol. The molecule has 3 heteroatoms. The number of rotatable bonds is 3. The molecular formula is C13H24N2O. The maximum absolute atomic E-state index is 12.0. The van der Waals surface area contributed by atoms with Crippen molar-refractivity contribution in [2.24, 2.45) is 11.8 Å². The molecule has 1 N–H and O–H groups in total. The van der Waals surface area contributed by atoms with Crippen LogP contribution in [0.25, 0.3) is 0 Å². The molecule has 0 saturated carbocycles. The molecule has 3 unspecified atom stereocenters. The Morgan fingerprint density at radius 2 is 2.00 bits per heavy atom. The van der Waals surface area contributed by atoms with Crippen LogP contribution in [0.2, 0.25) is 0 Å². The lowest BCUT2D eigenvalue weighted by atomic mass is 10.0. The van der Waals surface area contributed by atoms with E-state index in [4.69, 9.17) is 0 Å². The number of hydrogen-bond acceptors (Lipinski definition) is 2. The number of likely N-dealkylation sites (tertiary alicyclic amines) is 1. The first-order valence-electron chi connectivity index (χ1n) is 6.68. The van der Waals surface area contributed by atoms with E-state index < -0.39 is 0 Å². The van der Waals surface area contributed by atoms with Crippen LogP contribution >= 0.6 is 0 Å². The van der Waals surface area contributed by atoms with Crippen molar-refractivity contribution >= 4 is 5.91 Å². The Hall–Kier alpha value is -0.570. The standard InChI is InChI=1S/C13H24N2O/c1-10-8-15(9-11(10)2)13(16)6-5-12-4-3-7-14-12/h10-12,14H,3-9H2,1-2H3. The van der Waals surface area contributed by atoms with Crippen molar-refractivity contribution in [1.82, 2.24) is 10.2 Å². The highest BCUT2D eigenvalue weighted by molar-refractivity contribution is 5.76. The van der Waals surface area contributed by atoms with Gasteiger partial charge in [0.2, 0.25) is 5.91 Å². The monoisotopic (exact) mass is 224 g/mol. The molecule has 16 heavy (non-hydrogen) atoms. The van der Waals surface area contributed by atoms with Gasteiger partial charge in [0.05, 0.1) is 0 Å². The van der Waals surface area contributed by atoms with Crippen molar-refractivity contribution < 1.29 is 4.79 Å². The van der Waals surface area contributed by atoms with E-state index in [1.165, 1.54) is 12.8 Å². The summed E-state index contributed by atoms with van der Waals surface area (Å²) in [6.07, 6.45) is 4.28. The van der Waals surface area contributed by atoms with E-state index in [1.54, 1.807) is 0 Å². The van der Waals surface area contributed by atoms with Crippen LogP contribution in [0.1, 0.15) is 39.5 Å². The number of hydrogen-bond donors (Lipinski definition) is 1. The van der Waals surface area contributed by atoms with Crippen molar-refractivity contribution in [2.45, 2.75) is 45.6 Å². The van der Waals surface area contributed by atoms with Gasteiger partial charge in [-0.1, -0.05) is 13.8 Å². The molecule has 2 rings (SSSR count). The third-order valence-electron chi connectivity index (χ3n) is 4.21. The van der Waals surface area contributed by atoms with E-state index in [9.17, 15) is 4.79 Å². The van der Waals surface area contributed by atoms with Crippen molar-refractivity contribution in [3.63, 3.8) is 0 Å². The first-order chi connectivity index (χ1) is 7.66. The summed E-state index contributed by atoms with van der Waals surface area (Å²) in [5.74, 6) is 1.71. The third-order valence-corrected chi connectivity index (χ3v) is 4.21. The van der Waals surface area contributed by atoms with Crippen molar-refractivity contribution in [3.8, 4) is 0 Å². The quantitative estimate of drug-likeness (QED) is 0.790. The van der Waals surface area contributed by atoms with Crippen molar-refractivity contribution in [2.75, 3.05) is 19.6 Å². The molecule has 0 aliphatic carbocycles. The summed E-state index contributed by atoms with van der Waals surface area (Å²) in [7, 11) is 0. The molecule has 0 radical (unpaired) electrons. The summed E-state index contributed by atoms with van der Waals surface area (Å²) in [6, 6.07) is 0.599. The lowest BCUT2D eigenvalue weighted by molar-refractivity contribution is -0.130. The predicted molar refractivity (Wildman–Crippen MR) is 65.2 cm³/mol. The summed E-state index contributed by atoms with van der Waals surface area (Å²) in [5, 5.41) is 3.45. The second-order valence-corrected chi connectivity index (χ2v) is 5.59. The highest BCUT2D eigenvalue weighted by atomic mass is 16.2. The fourth-order valence-corrected chi connectivity index (χ4v) is 2.79. The topological polar surface area (TPSA) is 32.3 Å². The van der Waals surface area contributed by atoms with Gasteiger partial charge < -0.3 is 10.2 Å². The Morgan fingerprint density at radius 1 is 1.31 bits per heavy atom. The second-order valence-electron chi connectivity index (χ2n) is 5.59. The molecule has 2 aliphatic heterocycles. The van der Waals surface area contributed by atoms with Gasteiger partial charge in [-0.15, -0.1) is 0 Å². The molecular weight excluding hydrogens is 200 g/mol. The second kappa shape index (κ2) is 5.17. The molecule has 0 aromatic rings. The SMILES string of the molecule is CC1CN(C(=O)CCC2CCCN2)CC1C. The maximum atomic E-state index is 12.0. The van der Waals surface area contributed by atoms with E-state index in [0.717, 1.165) is 32.5 Å². The Labute approximate surface area is 98.6 Å². The molecule has 2 saturated heterocycles. The van der Waals surface area contributed by atoms with E-state index in [-0.39, 0.29) is 0 Å². The number of amides is 1. The third kappa shape index (κ3) is 2.76. The minimum Gasteiger partial charge on any atom is -0.342 e. The maximum Gasteiger partial charge on any atom is 0.222 e. The Bertz CT molecular complexity index is 238. The van der Waals surface area contributed by atoms with Crippen LogP contribution in [0.15, 0.2) is 0 Å². The normalized spacial score (nSPS) is 34.6. The average Bonchev–Trinajstić information content (AvgIpc) is 2.86. The van der Waals surface area contributed by atoms with Gasteiger partial charge in [0.25, 0.3) is 0 Å². The summed E-state index contributed by atoms with van der Waals surface area (Å²) in [4.78, 5) is 14.1. The number of nitrogens with zero attached hydrogens (tertiary/aromatic N) is 1. The van der Waals surface area contributed by atoms with Crippen molar-refractivity contribution in [1.29, 1.82) is 0 Å². The largest absolute Gasteiger partial charge is 0.342 e. The van der Waals surface area contributed by atoms with Gasteiger partial charge in [0.1, 0.15) is 0 Å². The summed E-state index contributed by atoms with van der Waals surface area (Å²) in [6.45, 7) is 7.57. The van der Waals surface area contributed by atoms with E-state index in [2.05, 4.69) is 24.1 Å². The molecule has 2 aliphatic rings. The van der Waals surface area contributed by atoms with Gasteiger partial charge >= 0.3 is 0 Å². The minimum absolute atomic E-state index is 0.366. The fraction of sp³-hybridized carbons (Fsp3) is 0.923. The highest BCUT2D eigenvalue weighted by Gasteiger charge is 2.29. The van der Waals surface area contributed by atoms with Gasteiger partial charge in [0.15, 0.2) is 0 Å². The first-order valence-corrected chi connectivity index (χ1v) is 6.68. The molecule has 2 fully saturated rings. The zero-order valence-corrected chi connectivity index (χ0v) is 10.5. The molecule has 0 aromatic carbocycles. The van der Waals surface area contributed by atoms with Gasteiger partial charge in [-0.05, 0) is 37.6 Å². The number of carbonyl (C=O) groups is 1. The van der Waals surface area contributed by atoms with E-state index in [0.29, 0.717) is 23.8 Å². The van der Waals surface area contributed by atoms with Crippen LogP contribution in [0.5, 0.6) is 0 Å². The molecule has 0 spiro atoms. The molecule has 1 amide bonds. The Morgan fingerprint density at radius 3 is 2.56 bits per heavy atom. The molecule has 92 valence electrons. The zero-order valence-electron chi connectivity index (χ0n) is 10.5. The molecule has 0 aromatic heterocycles. The molecule has 3 nitrogen and oxygen atoms in total. The highest BCUT2D eigenvalue weighted by Crippen LogP contribution is 2.23. The minimum atomic E-state index is 0.366. The van der Waals surface area contributed by atoms with Crippen LogP contribution in [-0.4, -0.2) is 36.5 Å². The fourth-order valence-electron chi connectivity index (χ4n) is 2.79. The Kier molecular flexibility index (Phi) is 3.85. The first kappa shape index (κ1) is 11.9. The van der Waals surface area contributed by atoms with Gasteiger partial charge in [-0.3, -0.25) is 4.79 Å². The summed E-state index contributed by atoms with van der Waals surface area (Å²) >= 11 is 0. The number of nitrogens with one attached hydrogen (secondary N) is 1. The van der Waals surface area contributed by atoms with Crippen molar-refractivity contribution in [3.05, 3.63) is 0 Å². The van der Waals surface area contributed by atoms with Crippen LogP contribution in [0.4, 0.5) is 0 Å². The molecule has 2 heterocycles. The molecule has 3 atom stereocenters. The van der Waals surface area contributed by atoms with Gasteiger partial charge in [0, 0.05) is 25.6 Å². The van der Waals surface area contributed by atoms with Gasteiger partial charge in [-0.25, -0.2) is 0 Å². The zero-order chi connectivity index (χ0) is 11.5. The van der Waals surface area contributed by atoms with Crippen LogP contribution in [-0.2, 0) is 4.79 Å². The lowest BCUT2D eigenvalue weighted by Crippen LogP contribution is -2.30. The van der Waals surface area contributed by atoms with Crippen LogP contribution in [0.3, 0.4) is 0 Å². The Balaban J connectivity index is 1.71. The van der Waals surface area contributed by atoms with Crippen LogP contribution in [0, 0.1) is 11.8 Å². The van der Waals surface area contributed by atoms with Crippen LogP contribution < -0.4 is 5.32 Å². The van der Waals surface area contributed by atoms with E-state index >= 15 is 0 Å². The number of carbonyl (C=O) groups excluding carboxylic acids is 1. The smallest absolute Gasteiger partial charge is 0.222 e. The molecule has 0 bridgehead atoms. The predicted octanol–water partition coefficient (Wildman–Crippen LogP) is 1.63. The summed E-state index contributed by atoms with van der Waals surface area (Å²) in [5.41, 5.74) is 0. The summed E-state index contributed by atoms with van der Waals surface area (Å²) < 4.78 is 0. The van der Waals surface area contributed by atoms with Gasteiger partial charge in [-0.2, -0.15) is 0 Å². The van der Waals surface area contributed by atoms with E-state index in [1.807, 2.05) is 0 Å². The lowest BCUT2D eigenvalue weighted by Gasteiger charge is -2.17.